The highest BCUT2D eigenvalue weighted by atomic mass is 35.5. The maximum absolute atomic E-state index is 13.3. The standard InChI is InChI=1S/C16H12ClFN2/c1-10-15(12-7-8-14(18)13(17)9-12)16(20-19-10)11-5-3-2-4-6-11/h2-9H,1H3,(H,19,20). The summed E-state index contributed by atoms with van der Waals surface area (Å²) in [6.45, 7) is 1.94. The second kappa shape index (κ2) is 5.10. The smallest absolute Gasteiger partial charge is 0.141 e. The lowest BCUT2D eigenvalue weighted by Crippen LogP contribution is -1.85. The van der Waals surface area contributed by atoms with Crippen molar-refractivity contribution in [2.75, 3.05) is 0 Å². The molecule has 3 aromatic rings. The number of aryl methyl sites for hydroxylation is 1. The Bertz CT molecular complexity index is 750. The highest BCUT2D eigenvalue weighted by molar-refractivity contribution is 6.31. The largest absolute Gasteiger partial charge is 0.282 e. The molecule has 0 unspecified atom stereocenters. The topological polar surface area (TPSA) is 28.7 Å². The molecule has 0 aliphatic rings. The van der Waals surface area contributed by atoms with Gasteiger partial charge in [-0.25, -0.2) is 4.39 Å². The molecule has 0 saturated carbocycles. The van der Waals surface area contributed by atoms with Gasteiger partial charge in [0.2, 0.25) is 0 Å². The van der Waals surface area contributed by atoms with Crippen LogP contribution >= 0.6 is 11.6 Å². The fourth-order valence-electron chi connectivity index (χ4n) is 2.24. The van der Waals surface area contributed by atoms with Crippen molar-refractivity contribution >= 4 is 11.6 Å². The van der Waals surface area contributed by atoms with Crippen LogP contribution in [-0.2, 0) is 0 Å². The van der Waals surface area contributed by atoms with Gasteiger partial charge < -0.3 is 0 Å². The van der Waals surface area contributed by atoms with E-state index in [2.05, 4.69) is 10.2 Å². The van der Waals surface area contributed by atoms with E-state index >= 15 is 0 Å². The first kappa shape index (κ1) is 12.9. The van der Waals surface area contributed by atoms with E-state index in [-0.39, 0.29) is 5.02 Å². The average molecular weight is 287 g/mol. The van der Waals surface area contributed by atoms with Gasteiger partial charge in [0.05, 0.1) is 5.02 Å². The summed E-state index contributed by atoms with van der Waals surface area (Å²) in [5.41, 5.74) is 4.56. The Morgan fingerprint density at radius 2 is 1.80 bits per heavy atom. The van der Waals surface area contributed by atoms with E-state index in [0.29, 0.717) is 0 Å². The molecule has 0 spiro atoms. The third kappa shape index (κ3) is 2.21. The van der Waals surface area contributed by atoms with E-state index in [9.17, 15) is 4.39 Å². The third-order valence-corrected chi connectivity index (χ3v) is 3.49. The van der Waals surface area contributed by atoms with Crippen LogP contribution in [0.2, 0.25) is 5.02 Å². The van der Waals surface area contributed by atoms with Gasteiger partial charge in [0.25, 0.3) is 0 Å². The Labute approximate surface area is 121 Å². The predicted molar refractivity (Wildman–Crippen MR) is 79.2 cm³/mol. The van der Waals surface area contributed by atoms with Crippen molar-refractivity contribution in [3.05, 3.63) is 65.1 Å². The van der Waals surface area contributed by atoms with Gasteiger partial charge in [-0.15, -0.1) is 0 Å². The zero-order valence-corrected chi connectivity index (χ0v) is 11.6. The van der Waals surface area contributed by atoms with E-state index < -0.39 is 5.82 Å². The van der Waals surface area contributed by atoms with E-state index in [4.69, 9.17) is 11.6 Å². The minimum Gasteiger partial charge on any atom is -0.282 e. The van der Waals surface area contributed by atoms with Crippen molar-refractivity contribution < 1.29 is 4.39 Å². The number of aromatic nitrogens is 2. The molecule has 0 aliphatic heterocycles. The summed E-state index contributed by atoms with van der Waals surface area (Å²) >= 11 is 5.88. The number of H-pyrrole nitrogens is 1. The lowest BCUT2D eigenvalue weighted by atomic mass is 9.99. The maximum atomic E-state index is 13.3. The number of nitrogens with one attached hydrogen (secondary N) is 1. The van der Waals surface area contributed by atoms with Gasteiger partial charge in [-0.1, -0.05) is 48.0 Å². The Balaban J connectivity index is 2.19. The van der Waals surface area contributed by atoms with Crippen LogP contribution in [-0.4, -0.2) is 10.2 Å². The molecule has 0 atom stereocenters. The molecule has 1 heterocycles. The molecule has 0 aliphatic carbocycles. The second-order valence-electron chi connectivity index (χ2n) is 4.57. The van der Waals surface area contributed by atoms with E-state index in [0.717, 1.165) is 28.1 Å². The van der Waals surface area contributed by atoms with Crippen molar-refractivity contribution in [3.63, 3.8) is 0 Å². The van der Waals surface area contributed by atoms with Gasteiger partial charge in [-0.05, 0) is 24.6 Å². The van der Waals surface area contributed by atoms with E-state index in [1.165, 1.54) is 6.07 Å². The van der Waals surface area contributed by atoms with Crippen LogP contribution in [0.25, 0.3) is 22.4 Å². The minimum absolute atomic E-state index is 0.113. The van der Waals surface area contributed by atoms with Gasteiger partial charge in [-0.3, -0.25) is 5.10 Å². The third-order valence-electron chi connectivity index (χ3n) is 3.20. The number of rotatable bonds is 2. The van der Waals surface area contributed by atoms with Crippen molar-refractivity contribution in [1.82, 2.24) is 10.2 Å². The summed E-state index contributed by atoms with van der Waals surface area (Å²) in [5.74, 6) is -0.419. The molecule has 0 radical (unpaired) electrons. The Kier molecular flexibility index (Phi) is 3.28. The Morgan fingerprint density at radius 1 is 1.05 bits per heavy atom. The molecule has 2 nitrogen and oxygen atoms in total. The molecule has 0 bridgehead atoms. The summed E-state index contributed by atoms with van der Waals surface area (Å²) in [6.07, 6.45) is 0. The van der Waals surface area contributed by atoms with Crippen LogP contribution < -0.4 is 0 Å². The number of halogens is 2. The van der Waals surface area contributed by atoms with Gasteiger partial charge in [0.15, 0.2) is 0 Å². The van der Waals surface area contributed by atoms with Crippen molar-refractivity contribution in [3.8, 4) is 22.4 Å². The maximum Gasteiger partial charge on any atom is 0.141 e. The molecule has 1 N–H and O–H groups in total. The van der Waals surface area contributed by atoms with Crippen LogP contribution in [0.3, 0.4) is 0 Å². The lowest BCUT2D eigenvalue weighted by molar-refractivity contribution is 0.628. The number of nitrogens with zero attached hydrogens (tertiary/aromatic N) is 1. The molecule has 0 fully saturated rings. The molecular weight excluding hydrogens is 275 g/mol. The van der Waals surface area contributed by atoms with Crippen LogP contribution in [0.4, 0.5) is 4.39 Å². The van der Waals surface area contributed by atoms with Crippen LogP contribution in [0.15, 0.2) is 48.5 Å². The van der Waals surface area contributed by atoms with Crippen LogP contribution in [0, 0.1) is 12.7 Å². The van der Waals surface area contributed by atoms with Crippen LogP contribution in [0.1, 0.15) is 5.69 Å². The zero-order chi connectivity index (χ0) is 14.1. The van der Waals surface area contributed by atoms with Crippen molar-refractivity contribution in [1.29, 1.82) is 0 Å². The Morgan fingerprint density at radius 3 is 2.50 bits per heavy atom. The van der Waals surface area contributed by atoms with E-state index in [1.54, 1.807) is 12.1 Å². The summed E-state index contributed by atoms with van der Waals surface area (Å²) in [7, 11) is 0. The summed E-state index contributed by atoms with van der Waals surface area (Å²) in [5, 5.41) is 7.45. The zero-order valence-electron chi connectivity index (χ0n) is 10.8. The number of aromatic amines is 1. The first-order valence-corrected chi connectivity index (χ1v) is 6.60. The highest BCUT2D eigenvalue weighted by Gasteiger charge is 2.15. The fourth-order valence-corrected chi connectivity index (χ4v) is 2.42. The normalized spacial score (nSPS) is 10.8. The lowest BCUT2D eigenvalue weighted by Gasteiger charge is -2.05. The SMILES string of the molecule is Cc1[nH]nc(-c2ccccc2)c1-c1ccc(F)c(Cl)c1. The number of hydrogen-bond donors (Lipinski definition) is 1. The Hall–Kier alpha value is -2.13. The van der Waals surface area contributed by atoms with Gasteiger partial charge >= 0.3 is 0 Å². The second-order valence-corrected chi connectivity index (χ2v) is 4.97. The molecule has 0 saturated heterocycles. The molecule has 20 heavy (non-hydrogen) atoms. The van der Waals surface area contributed by atoms with Gasteiger partial charge in [-0.2, -0.15) is 5.10 Å². The molecule has 2 aromatic carbocycles. The van der Waals surface area contributed by atoms with Crippen LogP contribution in [0.5, 0.6) is 0 Å². The summed E-state index contributed by atoms with van der Waals surface area (Å²) < 4.78 is 13.3. The molecule has 1 aromatic heterocycles. The molecule has 0 amide bonds. The monoisotopic (exact) mass is 286 g/mol. The highest BCUT2D eigenvalue weighted by Crippen LogP contribution is 2.34. The molecule has 3 rings (SSSR count). The number of benzene rings is 2. The van der Waals surface area contributed by atoms with Gasteiger partial charge in [0, 0.05) is 16.8 Å². The summed E-state index contributed by atoms with van der Waals surface area (Å²) in [4.78, 5) is 0. The minimum atomic E-state index is -0.419. The molecule has 100 valence electrons. The van der Waals surface area contributed by atoms with Gasteiger partial charge in [0.1, 0.15) is 11.5 Å². The molecule has 4 heteroatoms. The summed E-state index contributed by atoms with van der Waals surface area (Å²) in [6, 6.07) is 14.6. The number of hydrogen-bond acceptors (Lipinski definition) is 1. The quantitative estimate of drug-likeness (QED) is 0.717. The predicted octanol–water partition coefficient (Wildman–Crippen LogP) is 4.84. The van der Waals surface area contributed by atoms with Crippen molar-refractivity contribution in [2.24, 2.45) is 0 Å². The average Bonchev–Trinajstić information content (AvgIpc) is 2.85. The fraction of sp³-hybridized carbons (Fsp3) is 0.0625. The van der Waals surface area contributed by atoms with E-state index in [1.807, 2.05) is 37.3 Å². The van der Waals surface area contributed by atoms with Crippen molar-refractivity contribution in [2.45, 2.75) is 6.92 Å². The first-order valence-electron chi connectivity index (χ1n) is 6.22. The first-order chi connectivity index (χ1) is 9.66. The molecular formula is C16H12ClFN2.